The molecule has 6 N–H and O–H groups in total. The van der Waals surface area contributed by atoms with Crippen LogP contribution in [0.1, 0.15) is 38.7 Å². The topological polar surface area (TPSA) is 208 Å². The molecule has 198 valence electrons. The van der Waals surface area contributed by atoms with Crippen LogP contribution in [0.5, 0.6) is 0 Å². The second-order valence-corrected chi connectivity index (χ2v) is 9.39. The molecule has 0 aliphatic carbocycles. The molecular weight excluding hydrogens is 480 g/mol. The van der Waals surface area contributed by atoms with Crippen molar-refractivity contribution in [3.05, 3.63) is 35.9 Å². The number of aliphatic carboxylic acids is 3. The quantitative estimate of drug-likeness (QED) is 0.229. The second kappa shape index (κ2) is 9.87. The first-order valence-corrected chi connectivity index (χ1v) is 11.5. The van der Waals surface area contributed by atoms with Crippen molar-refractivity contribution in [2.24, 2.45) is 11.8 Å². The van der Waals surface area contributed by atoms with Gasteiger partial charge in [0.15, 0.2) is 5.79 Å². The third-order valence-corrected chi connectivity index (χ3v) is 7.24. The summed E-state index contributed by atoms with van der Waals surface area (Å²) >= 11 is 0. The maximum atomic E-state index is 13.1. The molecule has 2 fully saturated rings. The van der Waals surface area contributed by atoms with Gasteiger partial charge < -0.3 is 40.1 Å². The predicted octanol–water partition coefficient (Wildman–Crippen LogP) is -0.188. The van der Waals surface area contributed by atoms with E-state index in [2.05, 4.69) is 0 Å². The summed E-state index contributed by atoms with van der Waals surface area (Å²) in [6, 6.07) is 9.30. The standard InChI is InChI=1S/C24H30O12/c1-3-14(15(25)12(2)11-13-7-5-4-6-8-13)9-10-22-16(26)17(27)24(36-22,21(32)33)23(34,20(30)31)18(35-22)19(28)29/h4-8,12,14,16-18,26-27,34H,3,9-11H2,1-2H3,(H,28,29)(H,30,31)(H,32,33). The van der Waals surface area contributed by atoms with E-state index in [1.165, 1.54) is 0 Å². The van der Waals surface area contributed by atoms with Crippen LogP contribution < -0.4 is 0 Å². The van der Waals surface area contributed by atoms with E-state index in [1.807, 2.05) is 30.3 Å². The largest absolute Gasteiger partial charge is 0.479 e. The Kier molecular flexibility index (Phi) is 7.59. The van der Waals surface area contributed by atoms with Crippen molar-refractivity contribution in [3.8, 4) is 0 Å². The molecule has 0 saturated carbocycles. The summed E-state index contributed by atoms with van der Waals surface area (Å²) in [6.07, 6.45) is -7.22. The van der Waals surface area contributed by atoms with Gasteiger partial charge in [0.05, 0.1) is 0 Å². The summed E-state index contributed by atoms with van der Waals surface area (Å²) in [5.41, 5.74) is -6.29. The van der Waals surface area contributed by atoms with Gasteiger partial charge in [-0.1, -0.05) is 44.2 Å². The van der Waals surface area contributed by atoms with Crippen molar-refractivity contribution in [2.75, 3.05) is 0 Å². The zero-order valence-corrected chi connectivity index (χ0v) is 19.7. The lowest BCUT2D eigenvalue weighted by atomic mass is 9.74. The minimum atomic E-state index is -3.78. The molecule has 2 aliphatic rings. The van der Waals surface area contributed by atoms with Gasteiger partial charge in [-0.3, -0.25) is 4.79 Å². The van der Waals surface area contributed by atoms with E-state index >= 15 is 0 Å². The van der Waals surface area contributed by atoms with Crippen LogP contribution in [-0.2, 0) is 35.1 Å². The van der Waals surface area contributed by atoms with Gasteiger partial charge in [-0.2, -0.15) is 0 Å². The van der Waals surface area contributed by atoms with E-state index in [1.54, 1.807) is 13.8 Å². The fraction of sp³-hybridized carbons (Fsp3) is 0.583. The third kappa shape index (κ3) is 4.08. The van der Waals surface area contributed by atoms with Crippen LogP contribution in [0.3, 0.4) is 0 Å². The predicted molar refractivity (Wildman–Crippen MR) is 119 cm³/mol. The van der Waals surface area contributed by atoms with E-state index in [-0.39, 0.29) is 12.2 Å². The first-order chi connectivity index (χ1) is 16.8. The van der Waals surface area contributed by atoms with E-state index < -0.39 is 71.5 Å². The van der Waals surface area contributed by atoms with Gasteiger partial charge in [-0.05, 0) is 24.8 Å². The van der Waals surface area contributed by atoms with Crippen LogP contribution in [0.2, 0.25) is 0 Å². The lowest BCUT2D eigenvalue weighted by Gasteiger charge is -2.48. The number of carbonyl (C=O) groups excluding carboxylic acids is 1. The fourth-order valence-corrected chi connectivity index (χ4v) is 5.22. The lowest BCUT2D eigenvalue weighted by Crippen LogP contribution is -2.77. The Balaban J connectivity index is 1.90. The van der Waals surface area contributed by atoms with Gasteiger partial charge in [-0.25, -0.2) is 14.4 Å². The van der Waals surface area contributed by atoms with Crippen molar-refractivity contribution in [1.29, 1.82) is 0 Å². The van der Waals surface area contributed by atoms with Crippen LogP contribution in [0.4, 0.5) is 0 Å². The minimum absolute atomic E-state index is 0.0637. The number of carbonyl (C=O) groups is 4. The normalized spacial score (nSPS) is 35.1. The number of aliphatic hydroxyl groups is 3. The van der Waals surface area contributed by atoms with Crippen LogP contribution >= 0.6 is 0 Å². The van der Waals surface area contributed by atoms with Gasteiger partial charge in [0.1, 0.15) is 18.0 Å². The van der Waals surface area contributed by atoms with Crippen molar-refractivity contribution in [3.63, 3.8) is 0 Å². The van der Waals surface area contributed by atoms with E-state index in [4.69, 9.17) is 9.47 Å². The average molecular weight is 510 g/mol. The Bertz CT molecular complexity index is 1030. The molecule has 1 aromatic rings. The number of carboxylic acids is 3. The summed E-state index contributed by atoms with van der Waals surface area (Å²) in [6.45, 7) is 3.49. The fourth-order valence-electron chi connectivity index (χ4n) is 5.22. The first-order valence-electron chi connectivity index (χ1n) is 11.5. The molecule has 8 unspecified atom stereocenters. The molecule has 0 radical (unpaired) electrons. The number of hydrogen-bond donors (Lipinski definition) is 6. The molecule has 3 rings (SSSR count). The number of hydrogen-bond acceptors (Lipinski definition) is 9. The van der Waals surface area contributed by atoms with E-state index in [0.29, 0.717) is 12.8 Å². The lowest BCUT2D eigenvalue weighted by molar-refractivity contribution is -0.374. The number of fused-ring (bicyclic) bond motifs is 2. The minimum Gasteiger partial charge on any atom is -0.479 e. The van der Waals surface area contributed by atoms with Gasteiger partial charge in [0.25, 0.3) is 0 Å². The highest BCUT2D eigenvalue weighted by Crippen LogP contribution is 2.54. The summed E-state index contributed by atoms with van der Waals surface area (Å²) in [5, 5.41) is 61.1. The highest BCUT2D eigenvalue weighted by atomic mass is 16.8. The summed E-state index contributed by atoms with van der Waals surface area (Å²) < 4.78 is 10.6. The van der Waals surface area contributed by atoms with Crippen LogP contribution in [0.15, 0.2) is 30.3 Å². The van der Waals surface area contributed by atoms with Gasteiger partial charge in [-0.15, -0.1) is 0 Å². The van der Waals surface area contributed by atoms with Gasteiger partial charge >= 0.3 is 17.9 Å². The van der Waals surface area contributed by atoms with Crippen LogP contribution in [-0.4, -0.2) is 89.6 Å². The molecule has 12 heteroatoms. The zero-order valence-electron chi connectivity index (χ0n) is 19.7. The maximum Gasteiger partial charge on any atom is 0.343 e. The zero-order chi connectivity index (χ0) is 27.1. The highest BCUT2D eigenvalue weighted by Gasteiger charge is 2.84. The maximum absolute atomic E-state index is 13.1. The molecule has 2 aliphatic heterocycles. The SMILES string of the molecule is CCC(CCC12OC(C(=O)O)C(O)(C(=O)O)C(C(=O)O)(O1)C(O)C2O)C(=O)C(C)Cc1ccccc1. The Morgan fingerprint density at radius 3 is 2.11 bits per heavy atom. The summed E-state index contributed by atoms with van der Waals surface area (Å²) in [5.74, 6) is -10.2. The molecule has 12 nitrogen and oxygen atoms in total. The molecule has 0 amide bonds. The number of carboxylic acid groups (broad SMARTS) is 3. The second-order valence-electron chi connectivity index (χ2n) is 9.39. The van der Waals surface area contributed by atoms with Crippen LogP contribution in [0, 0.1) is 11.8 Å². The van der Waals surface area contributed by atoms with Crippen molar-refractivity contribution >= 4 is 23.7 Å². The van der Waals surface area contributed by atoms with Crippen molar-refractivity contribution in [1.82, 2.24) is 0 Å². The average Bonchev–Trinajstić information content (AvgIpc) is 3.03. The van der Waals surface area contributed by atoms with E-state index in [0.717, 1.165) is 5.56 Å². The van der Waals surface area contributed by atoms with Crippen molar-refractivity contribution in [2.45, 2.75) is 74.8 Å². The number of Topliss-reactive ketones (excluding diaryl/α,β-unsaturated/α-hetero) is 1. The Labute approximate surface area is 206 Å². The molecule has 2 bridgehead atoms. The molecule has 36 heavy (non-hydrogen) atoms. The molecule has 2 heterocycles. The van der Waals surface area contributed by atoms with Crippen LogP contribution in [0.25, 0.3) is 0 Å². The molecule has 2 saturated heterocycles. The summed E-state index contributed by atoms with van der Waals surface area (Å²) in [4.78, 5) is 49.1. The number of aliphatic hydroxyl groups excluding tert-OH is 2. The molecule has 0 spiro atoms. The Hall–Kier alpha value is -2.90. The first kappa shape index (κ1) is 27.7. The number of benzene rings is 1. The molecule has 0 aromatic heterocycles. The Morgan fingerprint density at radius 2 is 1.61 bits per heavy atom. The van der Waals surface area contributed by atoms with Gasteiger partial charge in [0.2, 0.25) is 17.3 Å². The van der Waals surface area contributed by atoms with Crippen molar-refractivity contribution < 1.29 is 59.3 Å². The highest BCUT2D eigenvalue weighted by molar-refractivity contribution is 5.97. The van der Waals surface area contributed by atoms with E-state index in [9.17, 15) is 49.8 Å². The third-order valence-electron chi connectivity index (χ3n) is 7.24. The molecule has 8 atom stereocenters. The van der Waals surface area contributed by atoms with Gasteiger partial charge in [0, 0.05) is 18.3 Å². The number of rotatable bonds is 11. The summed E-state index contributed by atoms with van der Waals surface area (Å²) in [7, 11) is 0. The monoisotopic (exact) mass is 510 g/mol. The molecule has 1 aromatic carbocycles. The Morgan fingerprint density at radius 1 is 1.00 bits per heavy atom. The smallest absolute Gasteiger partial charge is 0.343 e. The number of ether oxygens (including phenoxy) is 2. The number of ketones is 1. The molecular formula is C24H30O12.